The van der Waals surface area contributed by atoms with Crippen LogP contribution >= 0.6 is 13.5 Å². The van der Waals surface area contributed by atoms with Crippen molar-refractivity contribution in [2.75, 3.05) is 0 Å². The maximum Gasteiger partial charge on any atom is 0 e. The molecule has 2 radical (unpaired) electrons. The summed E-state index contributed by atoms with van der Waals surface area (Å²) in [4.78, 5) is 0. The predicted octanol–water partition coefficient (Wildman–Crippen LogP) is 4.44. The van der Waals surface area contributed by atoms with Crippen molar-refractivity contribution in [3.05, 3.63) is 13.8 Å². The molecule has 0 amide bonds. The monoisotopic (exact) mass is 404 g/mol. The number of hydrogen-bond acceptors (Lipinski definition) is 6. The summed E-state index contributed by atoms with van der Waals surface area (Å²) in [5, 5.41) is 17.2. The molecule has 4 N–H and O–H groups in total. The number of hydrogen-bond donors (Lipinski definition) is 2. The molecule has 0 aliphatic rings. The molecular weight excluding hydrogens is 372 g/mol. The second kappa shape index (κ2) is 95.1. The van der Waals surface area contributed by atoms with Crippen LogP contribution in [0, 0.1) is 41.8 Å². The number of nitrogens with one attached hydrogen (secondary N) is 1. The Bertz CT molecular complexity index is 104. The van der Waals surface area contributed by atoms with Gasteiger partial charge in [-0.2, -0.15) is 25.3 Å². The smallest absolute Gasteiger partial charge is 0 e. The molecule has 0 heterocycles. The van der Waals surface area contributed by atoms with Gasteiger partial charge in [0, 0.05) is 65.9 Å². The van der Waals surface area contributed by atoms with Crippen molar-refractivity contribution in [3.8, 4) is 0 Å². The molecule has 9 heteroatoms. The molecule has 4 nitrogen and oxygen atoms in total. The first kappa shape index (κ1) is 71.8. The summed E-state index contributed by atoms with van der Waals surface area (Å²) >= 11 is 7.33. The van der Waals surface area contributed by atoms with E-state index in [0.717, 1.165) is 11.8 Å². The van der Waals surface area contributed by atoms with Crippen molar-refractivity contribution in [2.45, 2.75) is 42.5 Å². The van der Waals surface area contributed by atoms with Gasteiger partial charge in [-0.1, -0.05) is 42.5 Å². The number of rotatable bonds is 2. The van der Waals surface area contributed by atoms with Crippen LogP contribution in [-0.4, -0.2) is 7.64 Å². The van der Waals surface area contributed by atoms with Crippen LogP contribution in [0.1, 0.15) is 42.5 Å². The molecule has 0 rings (SSSR count). The fraction of sp³-hybridized carbons (Fsp3) is 0.800. The summed E-state index contributed by atoms with van der Waals surface area (Å²) < 4.78 is 0. The van der Waals surface area contributed by atoms with Gasteiger partial charge in [0.25, 0.3) is 0 Å². The molecular formula is C10H32BN4S3Y-2. The second-order valence-electron chi connectivity index (χ2n) is 2.68. The van der Waals surface area contributed by atoms with Gasteiger partial charge in [-0.3, -0.25) is 0 Å². The minimum absolute atomic E-state index is 0. The largest absolute Gasteiger partial charge is 0.358 e. The zero-order valence-electron chi connectivity index (χ0n) is 11.3. The van der Waals surface area contributed by atoms with Gasteiger partial charge in [0.05, 0.1) is 0 Å². The van der Waals surface area contributed by atoms with Crippen LogP contribution in [0.5, 0.6) is 0 Å². The van der Waals surface area contributed by atoms with Gasteiger partial charge in [0.1, 0.15) is 0 Å². The quantitative estimate of drug-likeness (QED) is 0.402. The van der Waals surface area contributed by atoms with E-state index in [-0.39, 0.29) is 74.6 Å². The molecule has 0 aromatic heterocycles. The Hall–Kier alpha value is 1.14. The summed E-state index contributed by atoms with van der Waals surface area (Å²) in [6.45, 7) is 8.83. The van der Waals surface area contributed by atoms with Gasteiger partial charge in [0.15, 0.2) is 0 Å². The Morgan fingerprint density at radius 1 is 0.947 bits per heavy atom. The van der Waals surface area contributed by atoms with E-state index in [1.165, 1.54) is 0 Å². The Labute approximate surface area is 165 Å². The molecule has 19 heavy (non-hydrogen) atoms. The molecule has 118 valence electrons. The van der Waals surface area contributed by atoms with E-state index in [9.17, 15) is 0 Å². The standard InChI is InChI=1S/C7H15.2CH4.CH3.BHN.N2.H3N.S2.H2S.Y/c1-6(2)5-7(3)4;;;;2*1-2;;1-2;;/h5-7H,1-4H3;2*1H4;1H3;2H;;1H3;;1H2;/q-1;;;-1;;;;;;. The molecule has 0 spiro atoms. The predicted molar refractivity (Wildman–Crippen MR) is 95.9 cm³/mol. The summed E-state index contributed by atoms with van der Waals surface area (Å²) in [7, 11) is 3.75. The minimum Gasteiger partial charge on any atom is -0.358 e. The van der Waals surface area contributed by atoms with E-state index in [2.05, 4.69) is 64.1 Å². The van der Waals surface area contributed by atoms with Crippen LogP contribution in [0.15, 0.2) is 0 Å². The van der Waals surface area contributed by atoms with Crippen molar-refractivity contribution in [2.24, 2.45) is 11.8 Å². The van der Waals surface area contributed by atoms with Gasteiger partial charge < -0.3 is 20.0 Å². The third-order valence-corrected chi connectivity index (χ3v) is 0.770. The molecule has 0 atom stereocenters. The van der Waals surface area contributed by atoms with Crippen LogP contribution in [0.2, 0.25) is 0 Å². The van der Waals surface area contributed by atoms with E-state index in [0.29, 0.717) is 0 Å². The van der Waals surface area contributed by atoms with Crippen LogP contribution in [0.25, 0.3) is 0 Å². The van der Waals surface area contributed by atoms with Crippen molar-refractivity contribution >= 4 is 43.5 Å². The first-order valence-electron chi connectivity index (χ1n) is 3.63. The van der Waals surface area contributed by atoms with Gasteiger partial charge in [-0.25, -0.2) is 0 Å². The van der Waals surface area contributed by atoms with Gasteiger partial charge in [-0.15, -0.1) is 0 Å². The van der Waals surface area contributed by atoms with E-state index >= 15 is 0 Å². The molecule has 0 bridgehead atoms. The van der Waals surface area contributed by atoms with E-state index < -0.39 is 0 Å². The van der Waals surface area contributed by atoms with Crippen LogP contribution in [-0.2, 0) is 55.1 Å². The SMILES string of the molecule is C.C.CC(C)[CH-]C(C)C.N.N#N.S.S=S.[B]=N.[CH3-].[Y]. The number of nitrogens with zero attached hydrogens (tertiary/aromatic N) is 2. The maximum atomic E-state index is 6.00. The summed E-state index contributed by atoms with van der Waals surface area (Å²) in [6.07, 6.45) is 2.33. The Morgan fingerprint density at radius 2 is 1.05 bits per heavy atom. The Kier molecular flexibility index (Phi) is 359. The van der Waals surface area contributed by atoms with Crippen LogP contribution < -0.4 is 6.15 Å². The average molecular weight is 404 g/mol. The second-order valence-corrected chi connectivity index (χ2v) is 2.68. The molecule has 0 saturated heterocycles. The van der Waals surface area contributed by atoms with E-state index in [4.69, 9.17) is 16.1 Å². The van der Waals surface area contributed by atoms with E-state index in [1.54, 1.807) is 0 Å². The minimum atomic E-state index is 0. The summed E-state index contributed by atoms with van der Waals surface area (Å²) in [5.41, 5.74) is 0. The molecule has 0 aliphatic carbocycles. The van der Waals surface area contributed by atoms with Crippen LogP contribution in [0.4, 0.5) is 0 Å². The Morgan fingerprint density at radius 3 is 1.05 bits per heavy atom. The first-order chi connectivity index (χ1) is 6.13. The Balaban J connectivity index is -0.00000000761. The van der Waals surface area contributed by atoms with E-state index in [1.807, 2.05) is 0 Å². The van der Waals surface area contributed by atoms with Crippen molar-refractivity contribution in [3.63, 3.8) is 0 Å². The average Bonchev–Trinajstić information content (AvgIpc) is 2.12. The van der Waals surface area contributed by atoms with Gasteiger partial charge >= 0.3 is 13.0 Å². The van der Waals surface area contributed by atoms with Gasteiger partial charge in [0.2, 0.25) is 0 Å². The van der Waals surface area contributed by atoms with Crippen LogP contribution in [0.3, 0.4) is 0 Å². The molecule has 0 saturated carbocycles. The fourth-order valence-corrected chi connectivity index (χ4v) is 0.770. The summed E-state index contributed by atoms with van der Waals surface area (Å²) in [6, 6.07) is 0. The summed E-state index contributed by atoms with van der Waals surface area (Å²) in [5.74, 6) is 1.50. The molecule has 0 fully saturated rings. The topological polar surface area (TPSA) is 106 Å². The zero-order chi connectivity index (χ0) is 11.9. The third kappa shape index (κ3) is 213. The van der Waals surface area contributed by atoms with Crippen molar-refractivity contribution in [1.29, 1.82) is 16.1 Å². The molecule has 0 aromatic rings. The molecule has 0 aromatic carbocycles. The van der Waals surface area contributed by atoms with Crippen molar-refractivity contribution < 1.29 is 32.7 Å². The normalized spacial score (nSPS) is 4.58. The maximum absolute atomic E-state index is 6.00. The molecule has 0 aliphatic heterocycles. The van der Waals surface area contributed by atoms with Gasteiger partial charge in [-0.05, 0) is 0 Å². The third-order valence-electron chi connectivity index (χ3n) is 0.770. The molecule has 0 unspecified atom stereocenters. The first-order valence-corrected chi connectivity index (χ1v) is 4.96. The fourth-order valence-electron chi connectivity index (χ4n) is 0.770. The zero-order valence-corrected chi connectivity index (χ0v) is 16.8. The van der Waals surface area contributed by atoms with Crippen molar-refractivity contribution in [1.82, 2.24) is 6.15 Å².